The summed E-state index contributed by atoms with van der Waals surface area (Å²) in [6.07, 6.45) is 3.69. The first kappa shape index (κ1) is 13.6. The van der Waals surface area contributed by atoms with Gasteiger partial charge in [0.25, 0.3) is 5.91 Å². The van der Waals surface area contributed by atoms with E-state index in [1.165, 1.54) is 0 Å². The Morgan fingerprint density at radius 1 is 1.38 bits per heavy atom. The number of rotatable bonds is 3. The molecule has 5 heteroatoms. The highest BCUT2D eigenvalue weighted by molar-refractivity contribution is 6.11. The first-order chi connectivity index (χ1) is 10.1. The number of aromatic nitrogens is 1. The number of aromatic amines is 1. The van der Waals surface area contributed by atoms with Crippen LogP contribution in [0, 0.1) is 0 Å². The zero-order valence-corrected chi connectivity index (χ0v) is 11.7. The number of aliphatic hydroxyl groups excluding tert-OH is 1. The minimum atomic E-state index is -0.182. The molecule has 1 aromatic carbocycles. The standard InChI is InChI=1S/C16H16N2O3/c1-9-4-10-5-14-12(6-11(10)16(21)18-7-9)13(8-17-14)15(20)2-3-19/h4-6,8,17,19H,2-3,7H2,1H3,(H,18,21). The normalized spacial score (nSPS) is 14.4. The Morgan fingerprint density at radius 2 is 2.19 bits per heavy atom. The Morgan fingerprint density at radius 3 is 2.95 bits per heavy atom. The molecule has 0 unspecified atom stereocenters. The van der Waals surface area contributed by atoms with Crippen LogP contribution in [0.25, 0.3) is 17.0 Å². The van der Waals surface area contributed by atoms with E-state index in [0.717, 1.165) is 22.0 Å². The molecule has 0 bridgehead atoms. The number of carbonyl (C=O) groups excluding carboxylic acids is 2. The molecular formula is C16H16N2O3. The van der Waals surface area contributed by atoms with Gasteiger partial charge in [0.1, 0.15) is 0 Å². The van der Waals surface area contributed by atoms with Gasteiger partial charge in [0.15, 0.2) is 5.78 Å². The van der Waals surface area contributed by atoms with Crippen LogP contribution in [0.15, 0.2) is 23.9 Å². The van der Waals surface area contributed by atoms with Crippen molar-refractivity contribution in [3.63, 3.8) is 0 Å². The molecule has 2 aromatic rings. The number of amides is 1. The number of nitrogens with one attached hydrogen (secondary N) is 2. The van der Waals surface area contributed by atoms with Crippen LogP contribution < -0.4 is 5.32 Å². The van der Waals surface area contributed by atoms with Gasteiger partial charge < -0.3 is 15.4 Å². The lowest BCUT2D eigenvalue weighted by molar-refractivity contribution is 0.0948. The number of aliphatic hydroxyl groups is 1. The number of benzene rings is 1. The SMILES string of the molecule is CC1=Cc2cc3[nH]cc(C(=O)CCO)c3cc2C(=O)NC1. The van der Waals surface area contributed by atoms with Gasteiger partial charge in [-0.25, -0.2) is 0 Å². The second kappa shape index (κ2) is 5.18. The van der Waals surface area contributed by atoms with Crippen molar-refractivity contribution in [1.29, 1.82) is 0 Å². The summed E-state index contributed by atoms with van der Waals surface area (Å²) in [6, 6.07) is 3.63. The van der Waals surface area contributed by atoms with E-state index in [-0.39, 0.29) is 24.7 Å². The van der Waals surface area contributed by atoms with Crippen LogP contribution in [0.3, 0.4) is 0 Å². The summed E-state index contributed by atoms with van der Waals surface area (Å²) in [6.45, 7) is 2.31. The number of fused-ring (bicyclic) bond motifs is 2. The third-order valence-electron chi connectivity index (χ3n) is 3.67. The van der Waals surface area contributed by atoms with Crippen LogP contribution in [0.1, 0.15) is 39.6 Å². The highest BCUT2D eigenvalue weighted by Gasteiger charge is 2.18. The molecule has 108 valence electrons. The third kappa shape index (κ3) is 2.36. The molecule has 0 aliphatic carbocycles. The van der Waals surface area contributed by atoms with Gasteiger partial charge in [-0.15, -0.1) is 0 Å². The van der Waals surface area contributed by atoms with E-state index in [1.54, 1.807) is 12.3 Å². The second-order valence-electron chi connectivity index (χ2n) is 5.26. The Bertz CT molecular complexity index is 771. The Hall–Kier alpha value is -2.40. The molecule has 0 saturated heterocycles. The van der Waals surface area contributed by atoms with Crippen LogP contribution in [-0.4, -0.2) is 34.9 Å². The fourth-order valence-electron chi connectivity index (χ4n) is 2.60. The van der Waals surface area contributed by atoms with E-state index >= 15 is 0 Å². The largest absolute Gasteiger partial charge is 0.396 e. The molecule has 2 heterocycles. The lowest BCUT2D eigenvalue weighted by Crippen LogP contribution is -2.23. The van der Waals surface area contributed by atoms with E-state index in [4.69, 9.17) is 5.11 Å². The van der Waals surface area contributed by atoms with Gasteiger partial charge in [-0.2, -0.15) is 0 Å². The summed E-state index contributed by atoms with van der Waals surface area (Å²) in [5, 5.41) is 12.5. The summed E-state index contributed by atoms with van der Waals surface area (Å²) in [4.78, 5) is 27.2. The van der Waals surface area contributed by atoms with E-state index in [0.29, 0.717) is 17.7 Å². The molecular weight excluding hydrogens is 268 g/mol. The fourth-order valence-corrected chi connectivity index (χ4v) is 2.60. The van der Waals surface area contributed by atoms with Gasteiger partial charge in [-0.05, 0) is 24.6 Å². The molecule has 3 rings (SSSR count). The maximum Gasteiger partial charge on any atom is 0.252 e. The summed E-state index contributed by atoms with van der Waals surface area (Å²) in [5.74, 6) is -0.272. The van der Waals surface area contributed by atoms with Crippen LogP contribution in [0.2, 0.25) is 0 Å². The number of H-pyrrole nitrogens is 1. The molecule has 5 nitrogen and oxygen atoms in total. The van der Waals surface area contributed by atoms with E-state index in [9.17, 15) is 9.59 Å². The van der Waals surface area contributed by atoms with E-state index < -0.39 is 0 Å². The zero-order chi connectivity index (χ0) is 15.0. The first-order valence-corrected chi connectivity index (χ1v) is 6.84. The number of carbonyl (C=O) groups is 2. The predicted octanol–water partition coefficient (Wildman–Crippen LogP) is 1.88. The van der Waals surface area contributed by atoms with Gasteiger partial charge >= 0.3 is 0 Å². The molecule has 1 aliphatic rings. The Kier molecular flexibility index (Phi) is 3.35. The number of ketones is 1. The average Bonchev–Trinajstić information content (AvgIpc) is 2.81. The monoisotopic (exact) mass is 284 g/mol. The average molecular weight is 284 g/mol. The van der Waals surface area contributed by atoms with Crippen molar-refractivity contribution in [1.82, 2.24) is 10.3 Å². The minimum Gasteiger partial charge on any atom is -0.396 e. The molecule has 1 amide bonds. The van der Waals surface area contributed by atoms with Crippen molar-refractivity contribution < 1.29 is 14.7 Å². The minimum absolute atomic E-state index is 0.0786. The van der Waals surface area contributed by atoms with E-state index in [1.807, 2.05) is 19.1 Å². The number of hydrogen-bond donors (Lipinski definition) is 3. The van der Waals surface area contributed by atoms with Gasteiger partial charge in [0.2, 0.25) is 0 Å². The topological polar surface area (TPSA) is 82.2 Å². The Labute approximate surface area is 121 Å². The number of hydrogen-bond acceptors (Lipinski definition) is 3. The fraction of sp³-hybridized carbons (Fsp3) is 0.250. The quantitative estimate of drug-likeness (QED) is 0.753. The predicted molar refractivity (Wildman–Crippen MR) is 80.3 cm³/mol. The molecule has 0 radical (unpaired) electrons. The highest BCUT2D eigenvalue weighted by Crippen LogP contribution is 2.26. The van der Waals surface area contributed by atoms with Crippen molar-refractivity contribution in [2.45, 2.75) is 13.3 Å². The first-order valence-electron chi connectivity index (χ1n) is 6.84. The van der Waals surface area contributed by atoms with Crippen LogP contribution in [-0.2, 0) is 0 Å². The molecule has 0 fully saturated rings. The zero-order valence-electron chi connectivity index (χ0n) is 11.7. The summed E-state index contributed by atoms with van der Waals surface area (Å²) in [7, 11) is 0. The lowest BCUT2D eigenvalue weighted by Gasteiger charge is -2.05. The van der Waals surface area contributed by atoms with Gasteiger partial charge in [-0.3, -0.25) is 9.59 Å². The van der Waals surface area contributed by atoms with Crippen LogP contribution in [0.4, 0.5) is 0 Å². The van der Waals surface area contributed by atoms with Crippen molar-refractivity contribution in [2.24, 2.45) is 0 Å². The highest BCUT2D eigenvalue weighted by atomic mass is 16.3. The van der Waals surface area contributed by atoms with Gasteiger partial charge in [0.05, 0.1) is 6.61 Å². The van der Waals surface area contributed by atoms with Gasteiger partial charge in [0, 0.05) is 41.2 Å². The molecule has 1 aromatic heterocycles. The maximum atomic E-state index is 12.1. The Balaban J connectivity index is 2.19. The summed E-state index contributed by atoms with van der Waals surface area (Å²) < 4.78 is 0. The molecule has 3 N–H and O–H groups in total. The molecule has 1 aliphatic heterocycles. The van der Waals surface area contributed by atoms with Crippen molar-refractivity contribution in [2.75, 3.05) is 13.2 Å². The molecule has 0 saturated carbocycles. The lowest BCUT2D eigenvalue weighted by atomic mass is 10.00. The molecule has 21 heavy (non-hydrogen) atoms. The molecule has 0 spiro atoms. The maximum absolute atomic E-state index is 12.1. The van der Waals surface area contributed by atoms with Crippen molar-refractivity contribution >= 4 is 28.7 Å². The van der Waals surface area contributed by atoms with Crippen LogP contribution in [0.5, 0.6) is 0 Å². The summed E-state index contributed by atoms with van der Waals surface area (Å²) in [5.41, 5.74) is 3.81. The smallest absolute Gasteiger partial charge is 0.252 e. The second-order valence-corrected chi connectivity index (χ2v) is 5.26. The van der Waals surface area contributed by atoms with Crippen molar-refractivity contribution in [3.05, 3.63) is 40.6 Å². The van der Waals surface area contributed by atoms with Crippen LogP contribution >= 0.6 is 0 Å². The number of Topliss-reactive ketones (excluding diaryl/α,β-unsaturated/α-hetero) is 1. The van der Waals surface area contributed by atoms with Gasteiger partial charge in [-0.1, -0.05) is 11.6 Å². The summed E-state index contributed by atoms with van der Waals surface area (Å²) >= 11 is 0. The third-order valence-corrected chi connectivity index (χ3v) is 3.67. The van der Waals surface area contributed by atoms with Crippen molar-refractivity contribution in [3.8, 4) is 0 Å². The van der Waals surface area contributed by atoms with E-state index in [2.05, 4.69) is 10.3 Å². The molecule has 0 atom stereocenters.